The Balaban J connectivity index is 1.60. The Hall–Kier alpha value is -3.21. The number of aromatic nitrogens is 1. The van der Waals surface area contributed by atoms with E-state index < -0.39 is 0 Å². The van der Waals surface area contributed by atoms with Gasteiger partial charge in [-0.05, 0) is 55.5 Å². The number of ether oxygens (including phenoxy) is 2. The van der Waals surface area contributed by atoms with Crippen LogP contribution < -0.4 is 10.1 Å². The Labute approximate surface area is 192 Å². The van der Waals surface area contributed by atoms with E-state index in [1.54, 1.807) is 11.3 Å². The van der Waals surface area contributed by atoms with Crippen LogP contribution in [0.25, 0.3) is 25.9 Å². The summed E-state index contributed by atoms with van der Waals surface area (Å²) >= 11 is 1.62. The second-order valence-corrected chi connectivity index (χ2v) is 8.94. The third-order valence-electron chi connectivity index (χ3n) is 5.45. The molecule has 0 saturated heterocycles. The quantitative estimate of drug-likeness (QED) is 0.379. The molecule has 0 unspecified atom stereocenters. The smallest absolute Gasteiger partial charge is 0.319 e. The molecule has 0 saturated carbocycles. The Bertz CT molecular complexity index is 1180. The summed E-state index contributed by atoms with van der Waals surface area (Å²) in [5.74, 6) is 0.340. The summed E-state index contributed by atoms with van der Waals surface area (Å²) in [4.78, 5) is 20.9. The third kappa shape index (κ3) is 4.52. The van der Waals surface area contributed by atoms with E-state index in [4.69, 9.17) is 16.0 Å². The van der Waals surface area contributed by atoms with E-state index >= 15 is 0 Å². The lowest BCUT2D eigenvalue weighted by Gasteiger charge is -2.14. The molecule has 32 heavy (non-hydrogen) atoms. The van der Waals surface area contributed by atoms with Crippen LogP contribution in [0.1, 0.15) is 37.4 Å². The van der Waals surface area contributed by atoms with Crippen molar-refractivity contribution in [2.24, 2.45) is 0 Å². The number of nitrogens with zero attached hydrogens (tertiary/aromatic N) is 2. The number of benzene rings is 2. The number of hydrogen-bond acceptors (Lipinski definition) is 6. The standard InChI is InChI=1S/C25H25N3O3S/c1-15(2)31-22-11-8-16(12-21(22)26-3)25-28-13-23(32-25)19-7-5-6-18-17(19)9-10-20(18)27-14-24(29)30-4/h5-8,11-13,15,20,27H,9-10,14H2,1-2,4H3/t20-/m1/s1. The number of carbonyl (C=O) groups excluding carboxylic acids is 1. The van der Waals surface area contributed by atoms with Gasteiger partial charge in [0, 0.05) is 17.8 Å². The molecule has 4 rings (SSSR count). The van der Waals surface area contributed by atoms with Gasteiger partial charge in [-0.25, -0.2) is 9.83 Å². The molecular weight excluding hydrogens is 422 g/mol. The Morgan fingerprint density at radius 1 is 1.34 bits per heavy atom. The summed E-state index contributed by atoms with van der Waals surface area (Å²) in [6.07, 6.45) is 3.81. The molecule has 2 aromatic carbocycles. The minimum absolute atomic E-state index is 0.0129. The van der Waals surface area contributed by atoms with Gasteiger partial charge in [0.15, 0.2) is 0 Å². The molecule has 0 radical (unpaired) electrons. The van der Waals surface area contributed by atoms with Gasteiger partial charge in [0.05, 0.1) is 31.2 Å². The zero-order valence-electron chi connectivity index (χ0n) is 18.3. The van der Waals surface area contributed by atoms with Crippen molar-refractivity contribution in [1.29, 1.82) is 0 Å². The van der Waals surface area contributed by atoms with Gasteiger partial charge in [-0.3, -0.25) is 4.79 Å². The summed E-state index contributed by atoms with van der Waals surface area (Å²) < 4.78 is 10.5. The highest BCUT2D eigenvalue weighted by Crippen LogP contribution is 2.42. The number of rotatable bonds is 7. The number of nitrogens with one attached hydrogen (secondary N) is 1. The molecule has 7 heteroatoms. The molecule has 3 aromatic rings. The van der Waals surface area contributed by atoms with Crippen LogP contribution in [0.3, 0.4) is 0 Å². The molecule has 1 atom stereocenters. The first-order valence-corrected chi connectivity index (χ1v) is 11.4. The molecule has 6 nitrogen and oxygen atoms in total. The molecule has 1 aliphatic rings. The first-order valence-electron chi connectivity index (χ1n) is 10.6. The van der Waals surface area contributed by atoms with Crippen molar-refractivity contribution in [3.05, 3.63) is 65.1 Å². The van der Waals surface area contributed by atoms with Crippen LogP contribution in [-0.4, -0.2) is 30.7 Å². The number of hydrogen-bond donors (Lipinski definition) is 1. The van der Waals surface area contributed by atoms with Crippen LogP contribution in [0.2, 0.25) is 0 Å². The molecule has 1 aliphatic carbocycles. The van der Waals surface area contributed by atoms with Crippen LogP contribution in [0.4, 0.5) is 5.69 Å². The molecule has 1 N–H and O–H groups in total. The van der Waals surface area contributed by atoms with Gasteiger partial charge in [-0.1, -0.05) is 24.3 Å². The van der Waals surface area contributed by atoms with E-state index in [0.29, 0.717) is 11.4 Å². The Morgan fingerprint density at radius 3 is 2.94 bits per heavy atom. The lowest BCUT2D eigenvalue weighted by atomic mass is 10.0. The van der Waals surface area contributed by atoms with E-state index in [1.807, 2.05) is 38.2 Å². The van der Waals surface area contributed by atoms with E-state index in [9.17, 15) is 4.79 Å². The molecule has 1 heterocycles. The van der Waals surface area contributed by atoms with E-state index in [1.165, 1.54) is 23.8 Å². The second-order valence-electron chi connectivity index (χ2n) is 7.91. The zero-order valence-corrected chi connectivity index (χ0v) is 19.2. The molecule has 0 spiro atoms. The fourth-order valence-electron chi connectivity index (χ4n) is 4.00. The lowest BCUT2D eigenvalue weighted by molar-refractivity contribution is -0.139. The molecule has 0 aliphatic heterocycles. The number of carbonyl (C=O) groups is 1. The lowest BCUT2D eigenvalue weighted by Crippen LogP contribution is -2.27. The van der Waals surface area contributed by atoms with Crippen molar-refractivity contribution in [2.45, 2.75) is 38.8 Å². The predicted octanol–water partition coefficient (Wildman–Crippen LogP) is 5.56. The zero-order chi connectivity index (χ0) is 22.7. The summed E-state index contributed by atoms with van der Waals surface area (Å²) in [5.41, 5.74) is 5.11. The van der Waals surface area contributed by atoms with Crippen LogP contribution >= 0.6 is 11.3 Å². The van der Waals surface area contributed by atoms with Crippen molar-refractivity contribution < 1.29 is 14.3 Å². The summed E-state index contributed by atoms with van der Waals surface area (Å²) in [6.45, 7) is 11.6. The van der Waals surface area contributed by atoms with Gasteiger partial charge in [-0.15, -0.1) is 11.3 Å². The Morgan fingerprint density at radius 2 is 2.19 bits per heavy atom. The van der Waals surface area contributed by atoms with Gasteiger partial charge < -0.3 is 14.8 Å². The van der Waals surface area contributed by atoms with Gasteiger partial charge in [0.1, 0.15) is 10.8 Å². The molecule has 0 bridgehead atoms. The van der Waals surface area contributed by atoms with Crippen molar-refractivity contribution in [2.75, 3.05) is 13.7 Å². The maximum Gasteiger partial charge on any atom is 0.319 e. The summed E-state index contributed by atoms with van der Waals surface area (Å²) in [7, 11) is 1.40. The van der Waals surface area contributed by atoms with Gasteiger partial charge >= 0.3 is 5.97 Å². The number of methoxy groups -OCH3 is 1. The number of fused-ring (bicyclic) bond motifs is 1. The molecule has 1 aromatic heterocycles. The first-order chi connectivity index (χ1) is 15.5. The molecular formula is C25H25N3O3S. The highest BCUT2D eigenvalue weighted by atomic mass is 32.1. The maximum absolute atomic E-state index is 11.5. The second kappa shape index (κ2) is 9.51. The van der Waals surface area contributed by atoms with Crippen LogP contribution in [-0.2, 0) is 16.0 Å². The monoisotopic (exact) mass is 447 g/mol. The highest BCUT2D eigenvalue weighted by molar-refractivity contribution is 7.18. The van der Waals surface area contributed by atoms with E-state index in [2.05, 4.69) is 33.3 Å². The Kier molecular flexibility index (Phi) is 6.54. The van der Waals surface area contributed by atoms with Crippen LogP contribution in [0.5, 0.6) is 5.75 Å². The minimum Gasteiger partial charge on any atom is -0.502 e. The fraction of sp³-hybridized carbons (Fsp3) is 0.320. The normalized spacial score (nSPS) is 14.8. The van der Waals surface area contributed by atoms with Crippen molar-refractivity contribution in [3.8, 4) is 26.8 Å². The topological polar surface area (TPSA) is 64.8 Å². The van der Waals surface area contributed by atoms with Crippen molar-refractivity contribution in [3.63, 3.8) is 0 Å². The van der Waals surface area contributed by atoms with Crippen molar-refractivity contribution in [1.82, 2.24) is 10.3 Å². The average Bonchev–Trinajstić information content (AvgIpc) is 3.44. The molecule has 0 amide bonds. The van der Waals surface area contributed by atoms with Gasteiger partial charge in [0.25, 0.3) is 0 Å². The fourth-order valence-corrected chi connectivity index (χ4v) is 4.96. The van der Waals surface area contributed by atoms with E-state index in [0.717, 1.165) is 28.3 Å². The largest absolute Gasteiger partial charge is 0.502 e. The van der Waals surface area contributed by atoms with Gasteiger partial charge in [-0.2, -0.15) is 0 Å². The predicted molar refractivity (Wildman–Crippen MR) is 126 cm³/mol. The SMILES string of the molecule is [C-]#[N+]c1cc(-c2ncc(-c3cccc4c3CC[C@H]4NCC(=O)OC)s2)ccc1OC(C)C. The minimum atomic E-state index is -0.259. The maximum atomic E-state index is 11.5. The molecule has 0 fully saturated rings. The van der Waals surface area contributed by atoms with E-state index in [-0.39, 0.29) is 24.7 Å². The summed E-state index contributed by atoms with van der Waals surface area (Å²) in [6, 6.07) is 12.1. The third-order valence-corrected chi connectivity index (χ3v) is 6.53. The number of thiazole rings is 1. The highest BCUT2D eigenvalue weighted by Gasteiger charge is 2.26. The summed E-state index contributed by atoms with van der Waals surface area (Å²) in [5, 5.41) is 4.17. The first kappa shape index (κ1) is 22.0. The average molecular weight is 448 g/mol. The van der Waals surface area contributed by atoms with Gasteiger partial charge in [0.2, 0.25) is 5.69 Å². The number of esters is 1. The van der Waals surface area contributed by atoms with Crippen LogP contribution in [0, 0.1) is 6.57 Å². The van der Waals surface area contributed by atoms with Crippen LogP contribution in [0.15, 0.2) is 42.6 Å². The van der Waals surface area contributed by atoms with Crippen molar-refractivity contribution >= 4 is 23.0 Å². The molecule has 164 valence electrons.